The summed E-state index contributed by atoms with van der Waals surface area (Å²) >= 11 is 0. The van der Waals surface area contributed by atoms with Crippen LogP contribution in [0.3, 0.4) is 0 Å². The van der Waals surface area contributed by atoms with Crippen molar-refractivity contribution >= 4 is 23.7 Å². The number of carbonyl (C=O) groups excluding carboxylic acids is 3. The third kappa shape index (κ3) is 8.12. The molecule has 1 aliphatic rings. The van der Waals surface area contributed by atoms with Gasteiger partial charge in [0.05, 0.1) is 19.3 Å². The van der Waals surface area contributed by atoms with E-state index in [1.165, 1.54) is 6.92 Å². The standard InChI is InChI=1S/C19H34N4O11/c1-8(33-16-14(22-9(2)26)19(32)34-12(7-25)15(16)29)5-23(18(31)10(20)6-24)11(17(21)30)3-4-13(27)28/h8,10-12,14-16,19,24-25,29,32H,3-7,20H2,1-2H3,(H2,21,30)(H,22,26)(H,27,28)/t8?,10-,11+,12+,14+,15+,16+,19-/m0/s1. The van der Waals surface area contributed by atoms with E-state index in [4.69, 9.17) is 26.0 Å². The average Bonchev–Trinajstić information content (AvgIpc) is 2.75. The molecule has 10 N–H and O–H groups in total. The number of carbonyl (C=O) groups is 4. The van der Waals surface area contributed by atoms with Gasteiger partial charge in [-0.3, -0.25) is 19.2 Å². The van der Waals surface area contributed by atoms with Gasteiger partial charge in [-0.25, -0.2) is 0 Å². The molecule has 0 saturated carbocycles. The first-order chi connectivity index (χ1) is 15.8. The van der Waals surface area contributed by atoms with Crippen LogP contribution in [0.15, 0.2) is 0 Å². The molecule has 3 amide bonds. The Labute approximate surface area is 195 Å². The minimum atomic E-state index is -1.64. The van der Waals surface area contributed by atoms with Gasteiger partial charge in [0.25, 0.3) is 0 Å². The van der Waals surface area contributed by atoms with E-state index in [0.29, 0.717) is 0 Å². The normalized spacial score (nSPS) is 27.3. The third-order valence-electron chi connectivity index (χ3n) is 5.22. The fourth-order valence-electron chi connectivity index (χ4n) is 3.60. The van der Waals surface area contributed by atoms with Crippen LogP contribution in [0.2, 0.25) is 0 Å². The van der Waals surface area contributed by atoms with Gasteiger partial charge in [-0.2, -0.15) is 0 Å². The van der Waals surface area contributed by atoms with E-state index >= 15 is 0 Å². The number of rotatable bonds is 13. The van der Waals surface area contributed by atoms with Crippen molar-refractivity contribution in [2.24, 2.45) is 11.5 Å². The van der Waals surface area contributed by atoms with Crippen molar-refractivity contribution < 1.29 is 54.2 Å². The molecule has 8 atom stereocenters. The summed E-state index contributed by atoms with van der Waals surface area (Å²) in [7, 11) is 0. The lowest BCUT2D eigenvalue weighted by molar-refractivity contribution is -0.268. The number of hydrogen-bond donors (Lipinski definition) is 8. The Kier molecular flexibility index (Phi) is 11.7. The molecule has 15 heteroatoms. The minimum absolute atomic E-state index is 0.332. The van der Waals surface area contributed by atoms with Crippen LogP contribution >= 0.6 is 0 Å². The van der Waals surface area contributed by atoms with E-state index in [2.05, 4.69) is 5.32 Å². The Morgan fingerprint density at radius 2 is 1.82 bits per heavy atom. The highest BCUT2D eigenvalue weighted by Gasteiger charge is 2.46. The number of carboxylic acids is 1. The van der Waals surface area contributed by atoms with Crippen LogP contribution in [0.5, 0.6) is 0 Å². The average molecular weight is 494 g/mol. The highest BCUT2D eigenvalue weighted by atomic mass is 16.6. The largest absolute Gasteiger partial charge is 0.481 e. The van der Waals surface area contributed by atoms with Crippen LogP contribution in [0.4, 0.5) is 0 Å². The Balaban J connectivity index is 3.17. The quantitative estimate of drug-likeness (QED) is 0.120. The van der Waals surface area contributed by atoms with Crippen molar-refractivity contribution in [2.45, 2.75) is 75.5 Å². The molecule has 0 aromatic carbocycles. The zero-order valence-electron chi connectivity index (χ0n) is 18.9. The number of aliphatic hydroxyl groups excluding tert-OH is 4. The number of amides is 3. The topological polar surface area (TPSA) is 255 Å². The molecule has 1 saturated heterocycles. The number of nitrogens with zero attached hydrogens (tertiary/aromatic N) is 1. The highest BCUT2D eigenvalue weighted by molar-refractivity contribution is 5.89. The Hall–Kier alpha value is -2.40. The Morgan fingerprint density at radius 1 is 1.21 bits per heavy atom. The summed E-state index contributed by atoms with van der Waals surface area (Å²) in [5, 5.41) is 50.8. The zero-order valence-corrected chi connectivity index (χ0v) is 18.9. The maximum atomic E-state index is 12.7. The molecule has 1 unspecified atom stereocenters. The SMILES string of the molecule is CC(=O)N[C@@H]1[C@@H](OC(C)CN(C(=O)[C@@H](N)CO)[C@H](CCC(=O)O)C(N)=O)[C@H](O)[C@@H](CO)O[C@@H]1O. The van der Waals surface area contributed by atoms with Crippen molar-refractivity contribution in [3.05, 3.63) is 0 Å². The first-order valence-corrected chi connectivity index (χ1v) is 10.6. The van der Waals surface area contributed by atoms with Crippen molar-refractivity contribution in [2.75, 3.05) is 19.8 Å². The molecule has 0 aromatic heterocycles. The predicted molar refractivity (Wildman–Crippen MR) is 113 cm³/mol. The molecule has 0 bridgehead atoms. The van der Waals surface area contributed by atoms with Crippen LogP contribution < -0.4 is 16.8 Å². The van der Waals surface area contributed by atoms with Gasteiger partial charge < -0.3 is 56.7 Å². The molecule has 15 nitrogen and oxygen atoms in total. The lowest BCUT2D eigenvalue weighted by Gasteiger charge is -2.44. The highest BCUT2D eigenvalue weighted by Crippen LogP contribution is 2.24. The number of hydrogen-bond acceptors (Lipinski definition) is 11. The number of aliphatic hydroxyl groups is 4. The van der Waals surface area contributed by atoms with Crippen LogP contribution in [0, 0.1) is 0 Å². The lowest BCUT2D eigenvalue weighted by atomic mass is 9.96. The van der Waals surface area contributed by atoms with Gasteiger partial charge in [0.15, 0.2) is 6.29 Å². The number of nitrogens with two attached hydrogens (primary N) is 2. The summed E-state index contributed by atoms with van der Waals surface area (Å²) in [4.78, 5) is 48.2. The molecule has 0 radical (unpaired) electrons. The molecule has 1 aliphatic heterocycles. The maximum absolute atomic E-state index is 12.7. The van der Waals surface area contributed by atoms with Crippen molar-refractivity contribution in [1.29, 1.82) is 0 Å². The van der Waals surface area contributed by atoms with Gasteiger partial charge in [-0.1, -0.05) is 0 Å². The van der Waals surface area contributed by atoms with E-state index in [9.17, 15) is 39.6 Å². The summed E-state index contributed by atoms with van der Waals surface area (Å²) < 4.78 is 10.9. The van der Waals surface area contributed by atoms with Crippen LogP contribution in [0.25, 0.3) is 0 Å². The predicted octanol–water partition coefficient (Wildman–Crippen LogP) is -4.80. The van der Waals surface area contributed by atoms with E-state index in [0.717, 1.165) is 11.8 Å². The Morgan fingerprint density at radius 3 is 2.29 bits per heavy atom. The molecule has 1 fully saturated rings. The van der Waals surface area contributed by atoms with Gasteiger partial charge in [-0.15, -0.1) is 0 Å². The summed E-state index contributed by atoms with van der Waals surface area (Å²) in [6.07, 6.45) is -7.52. The van der Waals surface area contributed by atoms with E-state index in [-0.39, 0.29) is 13.0 Å². The van der Waals surface area contributed by atoms with Crippen LogP contribution in [-0.2, 0) is 28.7 Å². The van der Waals surface area contributed by atoms with Crippen molar-refractivity contribution in [3.63, 3.8) is 0 Å². The molecular formula is C19H34N4O11. The fourth-order valence-corrected chi connectivity index (χ4v) is 3.60. The second-order valence-electron chi connectivity index (χ2n) is 8.01. The van der Waals surface area contributed by atoms with Gasteiger partial charge in [0.2, 0.25) is 17.7 Å². The van der Waals surface area contributed by atoms with Crippen LogP contribution in [0.1, 0.15) is 26.7 Å². The smallest absolute Gasteiger partial charge is 0.303 e. The van der Waals surface area contributed by atoms with Crippen LogP contribution in [-0.4, -0.2) is 123 Å². The second kappa shape index (κ2) is 13.5. The first kappa shape index (κ1) is 29.6. The van der Waals surface area contributed by atoms with Gasteiger partial charge in [0, 0.05) is 19.9 Å². The van der Waals surface area contributed by atoms with Crippen molar-refractivity contribution in [3.8, 4) is 0 Å². The number of ether oxygens (including phenoxy) is 2. The van der Waals surface area contributed by atoms with E-state index in [1.54, 1.807) is 0 Å². The van der Waals surface area contributed by atoms with E-state index in [1.807, 2.05) is 0 Å². The fraction of sp³-hybridized carbons (Fsp3) is 0.789. The van der Waals surface area contributed by atoms with Gasteiger partial charge in [-0.05, 0) is 13.3 Å². The summed E-state index contributed by atoms with van der Waals surface area (Å²) in [6.45, 7) is 0.787. The number of carboxylic acid groups (broad SMARTS) is 1. The van der Waals surface area contributed by atoms with Gasteiger partial charge in [0.1, 0.15) is 36.4 Å². The lowest BCUT2D eigenvalue weighted by Crippen LogP contribution is -2.65. The number of aliphatic carboxylic acids is 1. The second-order valence-corrected chi connectivity index (χ2v) is 8.01. The molecular weight excluding hydrogens is 460 g/mol. The zero-order chi connectivity index (χ0) is 26.2. The molecule has 1 rings (SSSR count). The molecule has 0 aliphatic carbocycles. The monoisotopic (exact) mass is 494 g/mol. The molecule has 1 heterocycles. The third-order valence-corrected chi connectivity index (χ3v) is 5.22. The Bertz CT molecular complexity index is 724. The van der Waals surface area contributed by atoms with Gasteiger partial charge >= 0.3 is 5.97 Å². The number of primary amides is 1. The molecule has 0 aromatic rings. The summed E-state index contributed by atoms with van der Waals surface area (Å²) in [6, 6.07) is -4.07. The molecule has 0 spiro atoms. The minimum Gasteiger partial charge on any atom is -0.481 e. The maximum Gasteiger partial charge on any atom is 0.303 e. The van der Waals surface area contributed by atoms with Crippen molar-refractivity contribution in [1.82, 2.24) is 10.2 Å². The molecule has 196 valence electrons. The first-order valence-electron chi connectivity index (χ1n) is 10.6. The summed E-state index contributed by atoms with van der Waals surface area (Å²) in [5.74, 6) is -3.71. The number of nitrogens with one attached hydrogen (secondary N) is 1. The molecule has 34 heavy (non-hydrogen) atoms. The van der Waals surface area contributed by atoms with E-state index < -0.39 is 92.2 Å². The summed E-state index contributed by atoms with van der Waals surface area (Å²) in [5.41, 5.74) is 11.0.